The molecule has 0 bridgehead atoms. The van der Waals surface area contributed by atoms with Crippen molar-refractivity contribution >= 4 is 17.5 Å². The molecule has 1 N–H and O–H groups in total. The standard InChI is InChI=1S/C21H20F2N2O6/c1-28-17-6-12(2-4-16(17)31-21(22)23)9-24-20(27)13-7-19(26)25(10-13)14-3-5-15-18(8-14)30-11-29-15/h2-6,8,13,21H,7,9-11H2,1H3,(H,24,27). The quantitative estimate of drug-likeness (QED) is 0.721. The molecule has 1 fully saturated rings. The first-order chi connectivity index (χ1) is 14.9. The van der Waals surface area contributed by atoms with Crippen molar-refractivity contribution in [2.75, 3.05) is 25.3 Å². The molecule has 2 aliphatic rings. The highest BCUT2D eigenvalue weighted by Crippen LogP contribution is 2.37. The zero-order valence-electron chi connectivity index (χ0n) is 16.6. The number of alkyl halides is 2. The van der Waals surface area contributed by atoms with E-state index in [1.165, 1.54) is 19.2 Å². The predicted octanol–water partition coefficient (Wildman–Crippen LogP) is 2.69. The van der Waals surface area contributed by atoms with Crippen LogP contribution in [0.1, 0.15) is 12.0 Å². The van der Waals surface area contributed by atoms with Gasteiger partial charge in [0.25, 0.3) is 0 Å². The van der Waals surface area contributed by atoms with Crippen LogP contribution in [0.15, 0.2) is 36.4 Å². The maximum Gasteiger partial charge on any atom is 0.387 e. The van der Waals surface area contributed by atoms with Gasteiger partial charge in [-0.05, 0) is 29.8 Å². The summed E-state index contributed by atoms with van der Waals surface area (Å²) in [6.45, 7) is -2.43. The molecule has 164 valence electrons. The first-order valence-corrected chi connectivity index (χ1v) is 9.54. The summed E-state index contributed by atoms with van der Waals surface area (Å²) in [5.41, 5.74) is 1.28. The van der Waals surface area contributed by atoms with E-state index in [1.807, 2.05) is 0 Å². The topological polar surface area (TPSA) is 86.3 Å². The van der Waals surface area contributed by atoms with Crippen LogP contribution >= 0.6 is 0 Å². The Morgan fingerprint density at radius 3 is 2.77 bits per heavy atom. The number of amides is 2. The minimum atomic E-state index is -2.97. The van der Waals surface area contributed by atoms with Gasteiger partial charge in [-0.1, -0.05) is 6.07 Å². The third-order valence-corrected chi connectivity index (χ3v) is 5.07. The van der Waals surface area contributed by atoms with Gasteiger partial charge in [0.15, 0.2) is 23.0 Å². The normalized spacial score (nSPS) is 17.2. The number of nitrogens with zero attached hydrogens (tertiary/aromatic N) is 1. The van der Waals surface area contributed by atoms with Crippen LogP contribution in [0.5, 0.6) is 23.0 Å². The zero-order valence-corrected chi connectivity index (χ0v) is 16.6. The number of carbonyl (C=O) groups is 2. The average molecular weight is 434 g/mol. The van der Waals surface area contributed by atoms with Gasteiger partial charge in [0.2, 0.25) is 18.6 Å². The summed E-state index contributed by atoms with van der Waals surface area (Å²) in [5, 5.41) is 2.78. The molecule has 2 amide bonds. The Morgan fingerprint density at radius 1 is 1.19 bits per heavy atom. The number of rotatable bonds is 7. The lowest BCUT2D eigenvalue weighted by Gasteiger charge is -2.17. The second-order valence-electron chi connectivity index (χ2n) is 7.02. The van der Waals surface area contributed by atoms with Gasteiger partial charge in [-0.3, -0.25) is 9.59 Å². The van der Waals surface area contributed by atoms with Crippen LogP contribution in [0, 0.1) is 5.92 Å². The number of hydrogen-bond donors (Lipinski definition) is 1. The monoisotopic (exact) mass is 434 g/mol. The average Bonchev–Trinajstić information content (AvgIpc) is 3.38. The van der Waals surface area contributed by atoms with Crippen LogP contribution < -0.4 is 29.2 Å². The number of hydrogen-bond acceptors (Lipinski definition) is 6. The molecule has 2 aromatic carbocycles. The number of anilines is 1. The first kappa shape index (κ1) is 20.7. The molecule has 0 aliphatic carbocycles. The molecule has 0 spiro atoms. The number of nitrogens with one attached hydrogen (secondary N) is 1. The highest BCUT2D eigenvalue weighted by molar-refractivity contribution is 6.00. The van der Waals surface area contributed by atoms with E-state index < -0.39 is 12.5 Å². The van der Waals surface area contributed by atoms with Crippen molar-refractivity contribution in [2.45, 2.75) is 19.6 Å². The van der Waals surface area contributed by atoms with Gasteiger partial charge < -0.3 is 29.2 Å². The highest BCUT2D eigenvalue weighted by atomic mass is 19.3. The van der Waals surface area contributed by atoms with Gasteiger partial charge >= 0.3 is 6.61 Å². The minimum absolute atomic E-state index is 0.0881. The molecule has 0 saturated carbocycles. The molecule has 2 aliphatic heterocycles. The largest absolute Gasteiger partial charge is 0.493 e. The maximum absolute atomic E-state index is 12.6. The van der Waals surface area contributed by atoms with Crippen molar-refractivity contribution in [3.63, 3.8) is 0 Å². The predicted molar refractivity (Wildman–Crippen MR) is 104 cm³/mol. The number of ether oxygens (including phenoxy) is 4. The molecule has 4 rings (SSSR count). The van der Waals surface area contributed by atoms with E-state index in [0.29, 0.717) is 22.7 Å². The Morgan fingerprint density at radius 2 is 2.00 bits per heavy atom. The minimum Gasteiger partial charge on any atom is -0.493 e. The molecular weight excluding hydrogens is 414 g/mol. The smallest absolute Gasteiger partial charge is 0.387 e. The molecule has 0 aromatic heterocycles. The van der Waals surface area contributed by atoms with Crippen LogP contribution in [0.25, 0.3) is 0 Å². The Kier molecular flexibility index (Phi) is 5.79. The third-order valence-electron chi connectivity index (χ3n) is 5.07. The number of carbonyl (C=O) groups excluding carboxylic acids is 2. The van der Waals surface area contributed by atoms with Gasteiger partial charge in [-0.15, -0.1) is 0 Å². The van der Waals surface area contributed by atoms with Crippen molar-refractivity contribution < 1.29 is 37.3 Å². The van der Waals surface area contributed by atoms with E-state index >= 15 is 0 Å². The molecule has 1 atom stereocenters. The summed E-state index contributed by atoms with van der Waals surface area (Å²) in [7, 11) is 1.34. The summed E-state index contributed by atoms with van der Waals surface area (Å²) < 4.78 is 44.9. The number of fused-ring (bicyclic) bond motifs is 1. The van der Waals surface area contributed by atoms with E-state index in [0.717, 1.165) is 0 Å². The fourth-order valence-electron chi connectivity index (χ4n) is 3.53. The fraction of sp³-hybridized carbons (Fsp3) is 0.333. The molecule has 8 nitrogen and oxygen atoms in total. The Hall–Kier alpha value is -3.56. The lowest BCUT2D eigenvalue weighted by Crippen LogP contribution is -2.32. The molecule has 2 heterocycles. The van der Waals surface area contributed by atoms with E-state index in [-0.39, 0.29) is 49.6 Å². The lowest BCUT2D eigenvalue weighted by atomic mass is 10.1. The van der Waals surface area contributed by atoms with Gasteiger partial charge in [0, 0.05) is 31.3 Å². The third kappa shape index (κ3) is 4.47. The second-order valence-corrected chi connectivity index (χ2v) is 7.02. The first-order valence-electron chi connectivity index (χ1n) is 9.54. The SMILES string of the molecule is COc1cc(CNC(=O)C2CC(=O)N(c3ccc4c(c3)OCO4)C2)ccc1OC(F)F. The van der Waals surface area contributed by atoms with Gasteiger partial charge in [0.1, 0.15) is 0 Å². The summed E-state index contributed by atoms with van der Waals surface area (Å²) in [6, 6.07) is 9.62. The molecule has 1 saturated heterocycles. The van der Waals surface area contributed by atoms with Crippen molar-refractivity contribution in [3.05, 3.63) is 42.0 Å². The number of halogens is 2. The second kappa shape index (κ2) is 8.66. The van der Waals surface area contributed by atoms with Crippen LogP contribution in [0.4, 0.5) is 14.5 Å². The molecule has 31 heavy (non-hydrogen) atoms. The molecule has 10 heteroatoms. The van der Waals surface area contributed by atoms with E-state index in [2.05, 4.69) is 10.1 Å². The molecule has 0 radical (unpaired) electrons. The van der Waals surface area contributed by atoms with Crippen LogP contribution in [0.2, 0.25) is 0 Å². The van der Waals surface area contributed by atoms with Crippen molar-refractivity contribution in [3.8, 4) is 23.0 Å². The fourth-order valence-corrected chi connectivity index (χ4v) is 3.53. The van der Waals surface area contributed by atoms with Crippen LogP contribution in [-0.2, 0) is 16.1 Å². The molecule has 2 aromatic rings. The van der Waals surface area contributed by atoms with E-state index in [9.17, 15) is 18.4 Å². The van der Waals surface area contributed by atoms with E-state index in [4.69, 9.17) is 14.2 Å². The van der Waals surface area contributed by atoms with Crippen LogP contribution in [0.3, 0.4) is 0 Å². The van der Waals surface area contributed by atoms with Crippen molar-refractivity contribution in [1.82, 2.24) is 5.32 Å². The summed E-state index contributed by atoms with van der Waals surface area (Å²) in [5.74, 6) is 0.279. The van der Waals surface area contributed by atoms with Crippen molar-refractivity contribution in [2.24, 2.45) is 5.92 Å². The Bertz CT molecular complexity index is 1000. The zero-order chi connectivity index (χ0) is 22.0. The lowest BCUT2D eigenvalue weighted by molar-refractivity contribution is -0.126. The van der Waals surface area contributed by atoms with Crippen LogP contribution in [-0.4, -0.2) is 38.9 Å². The van der Waals surface area contributed by atoms with Crippen molar-refractivity contribution in [1.29, 1.82) is 0 Å². The van der Waals surface area contributed by atoms with Gasteiger partial charge in [0.05, 0.1) is 13.0 Å². The number of methoxy groups -OCH3 is 1. The Balaban J connectivity index is 1.37. The highest BCUT2D eigenvalue weighted by Gasteiger charge is 2.35. The number of benzene rings is 2. The maximum atomic E-state index is 12.6. The summed E-state index contributed by atoms with van der Waals surface area (Å²) >= 11 is 0. The van der Waals surface area contributed by atoms with Gasteiger partial charge in [-0.25, -0.2) is 0 Å². The van der Waals surface area contributed by atoms with E-state index in [1.54, 1.807) is 29.2 Å². The molecular formula is C21H20F2N2O6. The van der Waals surface area contributed by atoms with Gasteiger partial charge in [-0.2, -0.15) is 8.78 Å². The molecule has 1 unspecified atom stereocenters. The summed E-state index contributed by atoms with van der Waals surface area (Å²) in [4.78, 5) is 26.6. The Labute approximate surface area is 176 Å². The summed E-state index contributed by atoms with van der Waals surface area (Å²) in [6.07, 6.45) is 0.0881.